The van der Waals surface area contributed by atoms with Crippen molar-refractivity contribution < 1.29 is 4.79 Å². The zero-order chi connectivity index (χ0) is 18.1. The normalized spacial score (nSPS) is 14.4. The fourth-order valence-corrected chi connectivity index (χ4v) is 5.13. The van der Waals surface area contributed by atoms with E-state index in [4.69, 9.17) is 0 Å². The highest BCUT2D eigenvalue weighted by Gasteiger charge is 2.23. The Morgan fingerprint density at radius 2 is 2.12 bits per heavy atom. The first-order chi connectivity index (χ1) is 12.7. The van der Waals surface area contributed by atoms with Gasteiger partial charge in [0.1, 0.15) is 0 Å². The number of carbonyl (C=O) groups is 1. The lowest BCUT2D eigenvalue weighted by Crippen LogP contribution is -2.15. The van der Waals surface area contributed by atoms with E-state index in [9.17, 15) is 4.79 Å². The van der Waals surface area contributed by atoms with E-state index in [0.717, 1.165) is 40.8 Å². The summed E-state index contributed by atoms with van der Waals surface area (Å²) in [5.74, 6) is 1.04. The van der Waals surface area contributed by atoms with Crippen LogP contribution in [-0.4, -0.2) is 25.8 Å². The molecule has 1 aromatic carbocycles. The van der Waals surface area contributed by atoms with E-state index in [2.05, 4.69) is 39.9 Å². The summed E-state index contributed by atoms with van der Waals surface area (Å²) in [6.45, 7) is 4.82. The Bertz CT molecular complexity index is 931. The Morgan fingerprint density at radius 3 is 2.88 bits per heavy atom. The lowest BCUT2D eigenvalue weighted by Gasteiger charge is -2.12. The van der Waals surface area contributed by atoms with E-state index in [0.29, 0.717) is 0 Å². The predicted molar refractivity (Wildman–Crippen MR) is 107 cm³/mol. The Kier molecular flexibility index (Phi) is 4.96. The van der Waals surface area contributed by atoms with E-state index < -0.39 is 0 Å². The van der Waals surface area contributed by atoms with Gasteiger partial charge in [0.15, 0.2) is 16.8 Å². The highest BCUT2D eigenvalue weighted by Crippen LogP contribution is 2.31. The molecular weight excluding hydrogens is 362 g/mol. The molecule has 134 valence electrons. The number of Topliss-reactive ketones (excluding diaryl/α,β-unsaturated/α-hetero) is 1. The molecule has 4 rings (SSSR count). The smallest absolute Gasteiger partial charge is 0.192 e. The van der Waals surface area contributed by atoms with Crippen LogP contribution in [0, 0.1) is 0 Å². The molecule has 2 aromatic heterocycles. The molecule has 0 aliphatic heterocycles. The molecular formula is C20H21N3OS2. The van der Waals surface area contributed by atoms with Gasteiger partial charge in [-0.05, 0) is 61.7 Å². The minimum atomic E-state index is -0.194. The molecule has 0 radical (unpaired) electrons. The summed E-state index contributed by atoms with van der Waals surface area (Å²) in [5.41, 5.74) is 3.55. The van der Waals surface area contributed by atoms with Gasteiger partial charge in [-0.25, -0.2) is 0 Å². The second-order valence-corrected chi connectivity index (χ2v) is 8.74. The van der Waals surface area contributed by atoms with Gasteiger partial charge in [-0.3, -0.25) is 4.79 Å². The van der Waals surface area contributed by atoms with Crippen molar-refractivity contribution in [2.24, 2.45) is 0 Å². The lowest BCUT2D eigenvalue weighted by atomic mass is 10.0. The average Bonchev–Trinajstić information content (AvgIpc) is 3.39. The van der Waals surface area contributed by atoms with Crippen LogP contribution in [-0.2, 0) is 19.4 Å². The summed E-state index contributed by atoms with van der Waals surface area (Å²) >= 11 is 3.15. The third-order valence-electron chi connectivity index (χ3n) is 4.81. The summed E-state index contributed by atoms with van der Waals surface area (Å²) < 4.78 is 2.09. The number of thioether (sulfide) groups is 1. The fraction of sp³-hybridized carbons (Fsp3) is 0.350. The zero-order valence-corrected chi connectivity index (χ0v) is 16.6. The number of carbonyl (C=O) groups excluding carboxylic acids is 1. The molecule has 3 aromatic rings. The van der Waals surface area contributed by atoms with Crippen LogP contribution >= 0.6 is 23.1 Å². The first-order valence-corrected chi connectivity index (χ1v) is 10.7. The Balaban J connectivity index is 1.54. The maximum absolute atomic E-state index is 12.9. The van der Waals surface area contributed by atoms with Gasteiger partial charge in [-0.2, -0.15) is 0 Å². The topological polar surface area (TPSA) is 47.8 Å². The number of fused-ring (bicyclic) bond motifs is 1. The summed E-state index contributed by atoms with van der Waals surface area (Å²) in [4.78, 5) is 14.0. The van der Waals surface area contributed by atoms with E-state index in [-0.39, 0.29) is 11.0 Å². The molecule has 0 N–H and O–H groups in total. The number of nitrogens with zero attached hydrogens (tertiary/aromatic N) is 3. The van der Waals surface area contributed by atoms with Crippen molar-refractivity contribution in [1.29, 1.82) is 0 Å². The number of hydrogen-bond donors (Lipinski definition) is 0. The maximum atomic E-state index is 12.9. The van der Waals surface area contributed by atoms with Crippen LogP contribution in [0.25, 0.3) is 10.7 Å². The average molecular weight is 384 g/mol. The van der Waals surface area contributed by atoms with Gasteiger partial charge in [0, 0.05) is 12.1 Å². The fourth-order valence-electron chi connectivity index (χ4n) is 3.42. The van der Waals surface area contributed by atoms with Gasteiger partial charge in [0.05, 0.1) is 10.1 Å². The number of aryl methyl sites for hydroxylation is 2. The molecule has 0 bridgehead atoms. The van der Waals surface area contributed by atoms with Crippen LogP contribution in [0.15, 0.2) is 40.9 Å². The highest BCUT2D eigenvalue weighted by atomic mass is 32.2. The molecule has 4 nitrogen and oxygen atoms in total. The summed E-state index contributed by atoms with van der Waals surface area (Å²) in [6, 6.07) is 10.3. The first kappa shape index (κ1) is 17.5. The van der Waals surface area contributed by atoms with Crippen LogP contribution in [0.1, 0.15) is 41.8 Å². The van der Waals surface area contributed by atoms with Crippen molar-refractivity contribution in [3.63, 3.8) is 0 Å². The molecule has 26 heavy (non-hydrogen) atoms. The monoisotopic (exact) mass is 383 g/mol. The van der Waals surface area contributed by atoms with Crippen LogP contribution in [0.4, 0.5) is 0 Å². The number of thiophene rings is 1. The molecule has 0 saturated carbocycles. The SMILES string of the molecule is CCn1c(SC(C)C(=O)c2ccc3c(c2)CCC3)nnc1-c1cccs1. The quantitative estimate of drug-likeness (QED) is 0.450. The number of ketones is 1. The molecule has 1 aliphatic carbocycles. The van der Waals surface area contributed by atoms with Crippen molar-refractivity contribution in [1.82, 2.24) is 14.8 Å². The number of benzene rings is 1. The molecule has 0 saturated heterocycles. The van der Waals surface area contributed by atoms with Gasteiger partial charge in [0.2, 0.25) is 0 Å². The van der Waals surface area contributed by atoms with Crippen molar-refractivity contribution in [2.75, 3.05) is 0 Å². The lowest BCUT2D eigenvalue weighted by molar-refractivity contribution is 0.0993. The van der Waals surface area contributed by atoms with Crippen molar-refractivity contribution in [3.05, 3.63) is 52.4 Å². The molecule has 0 spiro atoms. The Labute approximate surface area is 161 Å². The first-order valence-electron chi connectivity index (χ1n) is 8.97. The van der Waals surface area contributed by atoms with E-state index in [1.807, 2.05) is 24.4 Å². The number of rotatable bonds is 6. The van der Waals surface area contributed by atoms with Crippen LogP contribution in [0.2, 0.25) is 0 Å². The highest BCUT2D eigenvalue weighted by molar-refractivity contribution is 8.00. The van der Waals surface area contributed by atoms with Gasteiger partial charge in [-0.1, -0.05) is 30.0 Å². The molecule has 2 heterocycles. The minimum absolute atomic E-state index is 0.160. The van der Waals surface area contributed by atoms with Gasteiger partial charge in [-0.15, -0.1) is 21.5 Å². The Hall–Kier alpha value is -1.92. The Morgan fingerprint density at radius 1 is 1.27 bits per heavy atom. The maximum Gasteiger partial charge on any atom is 0.192 e. The van der Waals surface area contributed by atoms with Gasteiger partial charge < -0.3 is 4.57 Å². The van der Waals surface area contributed by atoms with Crippen molar-refractivity contribution in [3.8, 4) is 10.7 Å². The van der Waals surface area contributed by atoms with Crippen molar-refractivity contribution in [2.45, 2.75) is 50.1 Å². The van der Waals surface area contributed by atoms with Crippen LogP contribution in [0.3, 0.4) is 0 Å². The second-order valence-electron chi connectivity index (χ2n) is 6.49. The predicted octanol–water partition coefficient (Wildman–Crippen LogP) is 4.88. The van der Waals surface area contributed by atoms with Crippen LogP contribution in [0.5, 0.6) is 0 Å². The van der Waals surface area contributed by atoms with Crippen molar-refractivity contribution >= 4 is 28.9 Å². The third-order valence-corrected chi connectivity index (χ3v) is 6.76. The molecule has 1 unspecified atom stereocenters. The standard InChI is InChI=1S/C20H21N3OS2/c1-3-23-19(17-8-5-11-25-17)21-22-20(23)26-13(2)18(24)16-10-9-14-6-4-7-15(14)12-16/h5,8-13H,3-4,6-7H2,1-2H3. The molecule has 6 heteroatoms. The van der Waals surface area contributed by atoms with E-state index in [1.165, 1.54) is 29.3 Å². The number of hydrogen-bond acceptors (Lipinski definition) is 5. The largest absolute Gasteiger partial charge is 0.302 e. The van der Waals surface area contributed by atoms with Gasteiger partial charge in [0.25, 0.3) is 0 Å². The molecule has 0 amide bonds. The minimum Gasteiger partial charge on any atom is -0.302 e. The zero-order valence-electron chi connectivity index (χ0n) is 14.9. The van der Waals surface area contributed by atoms with E-state index in [1.54, 1.807) is 11.3 Å². The molecule has 0 fully saturated rings. The van der Waals surface area contributed by atoms with E-state index >= 15 is 0 Å². The van der Waals surface area contributed by atoms with Gasteiger partial charge >= 0.3 is 0 Å². The summed E-state index contributed by atoms with van der Waals surface area (Å²) in [5, 5.41) is 11.3. The third kappa shape index (κ3) is 3.23. The van der Waals surface area contributed by atoms with Crippen LogP contribution < -0.4 is 0 Å². The summed E-state index contributed by atoms with van der Waals surface area (Å²) in [7, 11) is 0. The molecule has 1 aliphatic rings. The number of aromatic nitrogens is 3. The molecule has 1 atom stereocenters. The summed E-state index contributed by atoms with van der Waals surface area (Å²) in [6.07, 6.45) is 3.42. The second kappa shape index (κ2) is 7.37.